The van der Waals surface area contributed by atoms with Gasteiger partial charge in [-0.1, -0.05) is 0 Å². The lowest BCUT2D eigenvalue weighted by molar-refractivity contribution is -0.144. The van der Waals surface area contributed by atoms with E-state index in [0.717, 1.165) is 19.4 Å². The highest BCUT2D eigenvalue weighted by Gasteiger charge is 2.50. The van der Waals surface area contributed by atoms with Crippen LogP contribution in [-0.4, -0.2) is 35.1 Å². The summed E-state index contributed by atoms with van der Waals surface area (Å²) in [5.74, 6) is -0.682. The molecule has 0 aromatic rings. The molecule has 1 atom stereocenters. The number of piperidine rings is 1. The average molecular weight is 169 g/mol. The molecule has 1 unspecified atom stereocenters. The van der Waals surface area contributed by atoms with Crippen LogP contribution in [0.1, 0.15) is 25.7 Å². The van der Waals surface area contributed by atoms with Gasteiger partial charge < -0.3 is 10.0 Å². The first-order valence-electron chi connectivity index (χ1n) is 4.58. The standard InChI is InChI=1S/C9H15NO2/c1-10-5-2-7(8(11)12)6-9(10)3-4-9/h7H,2-6H2,1H3,(H,11,12). The number of carboxylic acid groups (broad SMARTS) is 1. The van der Waals surface area contributed by atoms with E-state index in [1.807, 2.05) is 0 Å². The smallest absolute Gasteiger partial charge is 0.306 e. The number of carboxylic acids is 1. The molecule has 2 rings (SSSR count). The molecule has 1 saturated heterocycles. The summed E-state index contributed by atoms with van der Waals surface area (Å²) < 4.78 is 0. The van der Waals surface area contributed by atoms with Crippen molar-refractivity contribution in [3.8, 4) is 0 Å². The Labute approximate surface area is 72.4 Å². The minimum absolute atomic E-state index is 0.0799. The molecule has 1 aliphatic carbocycles. The summed E-state index contributed by atoms with van der Waals surface area (Å²) in [5, 5.41) is 8.87. The van der Waals surface area contributed by atoms with Crippen molar-refractivity contribution in [2.75, 3.05) is 13.6 Å². The zero-order chi connectivity index (χ0) is 8.77. The zero-order valence-electron chi connectivity index (χ0n) is 7.42. The average Bonchev–Trinajstić information content (AvgIpc) is 2.76. The van der Waals surface area contributed by atoms with Crippen LogP contribution >= 0.6 is 0 Å². The van der Waals surface area contributed by atoms with Crippen molar-refractivity contribution in [3.63, 3.8) is 0 Å². The van der Waals surface area contributed by atoms with Crippen LogP contribution in [0.2, 0.25) is 0 Å². The van der Waals surface area contributed by atoms with Crippen LogP contribution in [0, 0.1) is 5.92 Å². The Kier molecular flexibility index (Phi) is 1.65. The summed E-state index contributed by atoms with van der Waals surface area (Å²) in [6.45, 7) is 0.955. The van der Waals surface area contributed by atoms with Gasteiger partial charge in [0.25, 0.3) is 0 Å². The van der Waals surface area contributed by atoms with Crippen LogP contribution < -0.4 is 0 Å². The maximum Gasteiger partial charge on any atom is 0.306 e. The number of aliphatic carboxylic acids is 1. The van der Waals surface area contributed by atoms with Crippen LogP contribution in [0.3, 0.4) is 0 Å². The Morgan fingerprint density at radius 3 is 2.75 bits per heavy atom. The summed E-state index contributed by atoms with van der Waals surface area (Å²) >= 11 is 0. The molecule has 2 fully saturated rings. The summed E-state index contributed by atoms with van der Waals surface area (Å²) in [7, 11) is 2.12. The number of likely N-dealkylation sites (tertiary alicyclic amines) is 1. The molecule has 0 aromatic carbocycles. The van der Waals surface area contributed by atoms with E-state index in [0.29, 0.717) is 5.54 Å². The van der Waals surface area contributed by atoms with Crippen molar-refractivity contribution in [2.45, 2.75) is 31.2 Å². The van der Waals surface area contributed by atoms with Crippen molar-refractivity contribution in [1.82, 2.24) is 4.90 Å². The van der Waals surface area contributed by atoms with Gasteiger partial charge in [-0.2, -0.15) is 0 Å². The quantitative estimate of drug-likeness (QED) is 0.635. The lowest BCUT2D eigenvalue weighted by Gasteiger charge is -2.35. The highest BCUT2D eigenvalue weighted by Crippen LogP contribution is 2.49. The third-order valence-electron chi connectivity index (χ3n) is 3.43. The predicted molar refractivity (Wildman–Crippen MR) is 45.0 cm³/mol. The van der Waals surface area contributed by atoms with E-state index < -0.39 is 5.97 Å². The highest BCUT2D eigenvalue weighted by atomic mass is 16.4. The van der Waals surface area contributed by atoms with E-state index in [9.17, 15) is 4.79 Å². The third-order valence-corrected chi connectivity index (χ3v) is 3.43. The van der Waals surface area contributed by atoms with Crippen molar-refractivity contribution in [3.05, 3.63) is 0 Å². The van der Waals surface area contributed by atoms with Gasteiger partial charge in [0.1, 0.15) is 0 Å². The third kappa shape index (κ3) is 1.12. The van der Waals surface area contributed by atoms with Crippen molar-refractivity contribution in [2.24, 2.45) is 5.92 Å². The van der Waals surface area contributed by atoms with Crippen LogP contribution in [0.5, 0.6) is 0 Å². The number of hydrogen-bond donors (Lipinski definition) is 1. The fraction of sp³-hybridized carbons (Fsp3) is 0.889. The Morgan fingerprint density at radius 2 is 2.25 bits per heavy atom. The summed E-state index contributed by atoms with van der Waals surface area (Å²) in [4.78, 5) is 13.1. The first-order valence-corrected chi connectivity index (χ1v) is 4.58. The Morgan fingerprint density at radius 1 is 1.58 bits per heavy atom. The van der Waals surface area contributed by atoms with Gasteiger partial charge in [0.2, 0.25) is 0 Å². The summed E-state index contributed by atoms with van der Waals surface area (Å²) in [6.07, 6.45) is 4.10. The Bertz CT molecular complexity index is 211. The summed E-state index contributed by atoms with van der Waals surface area (Å²) in [6, 6.07) is 0. The normalized spacial score (nSPS) is 33.6. The van der Waals surface area contributed by atoms with E-state index in [4.69, 9.17) is 5.11 Å². The Balaban J connectivity index is 2.03. The zero-order valence-corrected chi connectivity index (χ0v) is 7.42. The largest absolute Gasteiger partial charge is 0.481 e. The second-order valence-electron chi connectivity index (χ2n) is 4.17. The molecule has 1 aliphatic heterocycles. The monoisotopic (exact) mass is 169 g/mol. The number of nitrogens with zero attached hydrogens (tertiary/aromatic N) is 1. The molecule has 68 valence electrons. The molecule has 0 bridgehead atoms. The highest BCUT2D eigenvalue weighted by molar-refractivity contribution is 5.70. The molecule has 2 aliphatic rings. The number of carbonyl (C=O) groups is 1. The fourth-order valence-corrected chi connectivity index (χ4v) is 2.24. The first kappa shape index (κ1) is 8.05. The van der Waals surface area contributed by atoms with E-state index >= 15 is 0 Å². The molecule has 1 N–H and O–H groups in total. The minimum Gasteiger partial charge on any atom is -0.481 e. The molecule has 1 heterocycles. The molecule has 1 saturated carbocycles. The van der Waals surface area contributed by atoms with Crippen LogP contribution in [0.25, 0.3) is 0 Å². The van der Waals surface area contributed by atoms with Crippen molar-refractivity contribution in [1.29, 1.82) is 0 Å². The predicted octanol–water partition coefficient (Wildman–Crippen LogP) is 0.945. The van der Waals surface area contributed by atoms with E-state index in [-0.39, 0.29) is 5.92 Å². The van der Waals surface area contributed by atoms with Gasteiger partial charge in [0, 0.05) is 5.54 Å². The van der Waals surface area contributed by atoms with E-state index in [1.165, 1.54) is 12.8 Å². The van der Waals surface area contributed by atoms with Crippen LogP contribution in [0.4, 0.5) is 0 Å². The minimum atomic E-state index is -0.602. The molecular formula is C9H15NO2. The molecule has 12 heavy (non-hydrogen) atoms. The molecule has 3 heteroatoms. The van der Waals surface area contributed by atoms with E-state index in [2.05, 4.69) is 11.9 Å². The Hall–Kier alpha value is -0.570. The van der Waals surface area contributed by atoms with E-state index in [1.54, 1.807) is 0 Å². The molecule has 3 nitrogen and oxygen atoms in total. The van der Waals surface area contributed by atoms with Gasteiger partial charge in [0.15, 0.2) is 0 Å². The lowest BCUT2D eigenvalue weighted by Crippen LogP contribution is -2.43. The topological polar surface area (TPSA) is 40.5 Å². The number of rotatable bonds is 1. The molecule has 0 aromatic heterocycles. The van der Waals surface area contributed by atoms with Crippen molar-refractivity contribution >= 4 is 5.97 Å². The molecule has 0 amide bonds. The second kappa shape index (κ2) is 2.46. The van der Waals surface area contributed by atoms with Crippen LogP contribution in [-0.2, 0) is 4.79 Å². The van der Waals surface area contributed by atoms with Gasteiger partial charge in [-0.25, -0.2) is 0 Å². The molecule has 1 spiro atoms. The first-order chi connectivity index (χ1) is 5.64. The second-order valence-corrected chi connectivity index (χ2v) is 4.17. The van der Waals surface area contributed by atoms with Gasteiger partial charge >= 0.3 is 5.97 Å². The van der Waals surface area contributed by atoms with Crippen molar-refractivity contribution < 1.29 is 9.90 Å². The summed E-state index contributed by atoms with van der Waals surface area (Å²) in [5.41, 5.74) is 0.293. The van der Waals surface area contributed by atoms with Gasteiger partial charge in [-0.3, -0.25) is 4.79 Å². The van der Waals surface area contributed by atoms with Gasteiger partial charge in [0.05, 0.1) is 5.92 Å². The molecule has 0 radical (unpaired) electrons. The fourth-order valence-electron chi connectivity index (χ4n) is 2.24. The number of hydrogen-bond acceptors (Lipinski definition) is 2. The molecular weight excluding hydrogens is 154 g/mol. The SMILES string of the molecule is CN1CCC(C(=O)O)CC12CC2. The van der Waals surface area contributed by atoms with Crippen LogP contribution in [0.15, 0.2) is 0 Å². The maximum atomic E-state index is 10.8. The lowest BCUT2D eigenvalue weighted by atomic mass is 9.89. The maximum absolute atomic E-state index is 10.8. The van der Waals surface area contributed by atoms with Gasteiger partial charge in [-0.05, 0) is 39.3 Å². The van der Waals surface area contributed by atoms with Gasteiger partial charge in [-0.15, -0.1) is 0 Å².